The van der Waals surface area contributed by atoms with Crippen LogP contribution in [0.4, 0.5) is 5.69 Å². The van der Waals surface area contributed by atoms with E-state index in [-0.39, 0.29) is 0 Å². The van der Waals surface area contributed by atoms with E-state index in [4.69, 9.17) is 0 Å². The third-order valence-corrected chi connectivity index (χ3v) is 3.16. The van der Waals surface area contributed by atoms with Gasteiger partial charge < -0.3 is 4.90 Å². The van der Waals surface area contributed by atoms with Crippen molar-refractivity contribution < 1.29 is 0 Å². The van der Waals surface area contributed by atoms with E-state index < -0.39 is 0 Å². The molecule has 0 unspecified atom stereocenters. The summed E-state index contributed by atoms with van der Waals surface area (Å²) in [5, 5.41) is 4.37. The van der Waals surface area contributed by atoms with Crippen molar-refractivity contribution in [3.63, 3.8) is 0 Å². The van der Waals surface area contributed by atoms with E-state index in [2.05, 4.69) is 34.3 Å². The number of nitrogens with zero attached hydrogens (tertiary/aromatic N) is 3. The minimum absolute atomic E-state index is 1.16. The Balaban J connectivity index is 2.08. The first-order valence-corrected chi connectivity index (χ1v) is 5.68. The Bertz CT molecular complexity index is 483. The normalized spacial score (nSPS) is 14.9. The molecule has 3 heteroatoms. The van der Waals surface area contributed by atoms with E-state index in [9.17, 15) is 0 Å². The van der Waals surface area contributed by atoms with Gasteiger partial charge in [0.2, 0.25) is 0 Å². The first-order chi connectivity index (χ1) is 7.86. The van der Waals surface area contributed by atoms with Gasteiger partial charge in [0.05, 0.1) is 17.6 Å². The van der Waals surface area contributed by atoms with Crippen LogP contribution in [-0.4, -0.2) is 22.9 Å². The number of hydrogen-bond acceptors (Lipinski definition) is 2. The second-order valence-corrected chi connectivity index (χ2v) is 4.21. The van der Waals surface area contributed by atoms with Gasteiger partial charge in [-0.2, -0.15) is 5.10 Å². The molecule has 0 saturated carbocycles. The van der Waals surface area contributed by atoms with Gasteiger partial charge in [0, 0.05) is 25.7 Å². The van der Waals surface area contributed by atoms with E-state index in [1.54, 1.807) is 0 Å². The summed E-state index contributed by atoms with van der Waals surface area (Å²) < 4.78 is 1.96. The van der Waals surface area contributed by atoms with Crippen molar-refractivity contribution in [2.24, 2.45) is 7.05 Å². The fourth-order valence-corrected chi connectivity index (χ4v) is 2.15. The number of anilines is 1. The SMILES string of the molecule is Cn1ncc(N2CCC2)c1-c1ccccc1. The van der Waals surface area contributed by atoms with Crippen LogP contribution in [0.2, 0.25) is 0 Å². The Morgan fingerprint density at radius 3 is 2.50 bits per heavy atom. The number of rotatable bonds is 2. The van der Waals surface area contributed by atoms with Crippen LogP contribution in [0.1, 0.15) is 6.42 Å². The van der Waals surface area contributed by atoms with E-state index in [0.29, 0.717) is 0 Å². The lowest BCUT2D eigenvalue weighted by Gasteiger charge is -2.32. The topological polar surface area (TPSA) is 21.1 Å². The minimum Gasteiger partial charge on any atom is -0.368 e. The van der Waals surface area contributed by atoms with Crippen LogP contribution in [0, 0.1) is 0 Å². The Morgan fingerprint density at radius 1 is 1.12 bits per heavy atom. The molecule has 0 N–H and O–H groups in total. The van der Waals surface area contributed by atoms with Crippen molar-refractivity contribution in [1.29, 1.82) is 0 Å². The maximum absolute atomic E-state index is 4.37. The summed E-state index contributed by atoms with van der Waals surface area (Å²) in [6.45, 7) is 2.32. The summed E-state index contributed by atoms with van der Waals surface area (Å²) >= 11 is 0. The third kappa shape index (κ3) is 1.40. The molecule has 0 spiro atoms. The summed E-state index contributed by atoms with van der Waals surface area (Å²) in [6, 6.07) is 10.5. The molecule has 1 aliphatic heterocycles. The fraction of sp³-hybridized carbons (Fsp3) is 0.308. The number of aryl methyl sites for hydroxylation is 1. The van der Waals surface area contributed by atoms with Gasteiger partial charge in [-0.25, -0.2) is 0 Å². The van der Waals surface area contributed by atoms with Gasteiger partial charge in [-0.05, 0) is 6.42 Å². The number of hydrogen-bond donors (Lipinski definition) is 0. The average Bonchev–Trinajstić information content (AvgIpc) is 2.59. The predicted molar refractivity (Wildman–Crippen MR) is 65.5 cm³/mol. The highest BCUT2D eigenvalue weighted by molar-refractivity contribution is 5.75. The quantitative estimate of drug-likeness (QED) is 0.763. The molecule has 0 bridgehead atoms. The van der Waals surface area contributed by atoms with Crippen molar-refractivity contribution in [2.45, 2.75) is 6.42 Å². The molecule has 82 valence electrons. The number of aromatic nitrogens is 2. The highest BCUT2D eigenvalue weighted by atomic mass is 15.3. The van der Waals surface area contributed by atoms with Crippen LogP contribution in [-0.2, 0) is 7.05 Å². The van der Waals surface area contributed by atoms with E-state index >= 15 is 0 Å². The van der Waals surface area contributed by atoms with Gasteiger partial charge in [-0.15, -0.1) is 0 Å². The Kier molecular flexibility index (Phi) is 2.17. The minimum atomic E-state index is 1.16. The maximum Gasteiger partial charge on any atom is 0.0912 e. The molecule has 3 nitrogen and oxygen atoms in total. The van der Waals surface area contributed by atoms with Crippen LogP contribution >= 0.6 is 0 Å². The zero-order valence-corrected chi connectivity index (χ0v) is 9.43. The summed E-state index contributed by atoms with van der Waals surface area (Å²) in [5.74, 6) is 0. The first-order valence-electron chi connectivity index (χ1n) is 5.68. The maximum atomic E-state index is 4.37. The largest absolute Gasteiger partial charge is 0.368 e. The van der Waals surface area contributed by atoms with E-state index in [1.807, 2.05) is 24.0 Å². The van der Waals surface area contributed by atoms with Gasteiger partial charge in [0.1, 0.15) is 0 Å². The van der Waals surface area contributed by atoms with Crippen molar-refractivity contribution in [1.82, 2.24) is 9.78 Å². The molecular weight excluding hydrogens is 198 g/mol. The Morgan fingerprint density at radius 2 is 1.88 bits per heavy atom. The molecule has 0 aliphatic carbocycles. The lowest BCUT2D eigenvalue weighted by molar-refractivity contribution is 0.618. The molecule has 0 amide bonds. The van der Waals surface area contributed by atoms with Crippen LogP contribution < -0.4 is 4.90 Å². The van der Waals surface area contributed by atoms with Crippen LogP contribution in [0.15, 0.2) is 36.5 Å². The number of benzene rings is 1. The molecule has 1 aromatic carbocycles. The van der Waals surface area contributed by atoms with Crippen LogP contribution in [0.3, 0.4) is 0 Å². The van der Waals surface area contributed by atoms with Gasteiger partial charge in [0.15, 0.2) is 0 Å². The van der Waals surface area contributed by atoms with Crippen molar-refractivity contribution in [3.05, 3.63) is 36.5 Å². The van der Waals surface area contributed by atoms with Crippen LogP contribution in [0.5, 0.6) is 0 Å². The summed E-state index contributed by atoms with van der Waals surface area (Å²) in [4.78, 5) is 2.38. The molecular formula is C13H15N3. The third-order valence-electron chi connectivity index (χ3n) is 3.16. The second kappa shape index (κ2) is 3.67. The van der Waals surface area contributed by atoms with Gasteiger partial charge in [-0.3, -0.25) is 4.68 Å². The first kappa shape index (κ1) is 9.46. The van der Waals surface area contributed by atoms with Gasteiger partial charge in [0.25, 0.3) is 0 Å². The zero-order chi connectivity index (χ0) is 11.0. The van der Waals surface area contributed by atoms with Gasteiger partial charge >= 0.3 is 0 Å². The lowest BCUT2D eigenvalue weighted by atomic mass is 10.1. The predicted octanol–water partition coefficient (Wildman–Crippen LogP) is 2.30. The van der Waals surface area contributed by atoms with Crippen molar-refractivity contribution in [2.75, 3.05) is 18.0 Å². The molecule has 0 atom stereocenters. The van der Waals surface area contributed by atoms with E-state index in [1.165, 1.54) is 23.4 Å². The summed E-state index contributed by atoms with van der Waals surface area (Å²) in [5.41, 5.74) is 3.73. The molecule has 1 fully saturated rings. The zero-order valence-electron chi connectivity index (χ0n) is 9.43. The average molecular weight is 213 g/mol. The molecule has 0 radical (unpaired) electrons. The standard InChI is InChI=1S/C13H15N3/c1-15-13(11-6-3-2-4-7-11)12(10-14-15)16-8-5-9-16/h2-4,6-7,10H,5,8-9H2,1H3. The van der Waals surface area contributed by atoms with Crippen molar-refractivity contribution in [3.8, 4) is 11.3 Å². The summed E-state index contributed by atoms with van der Waals surface area (Å²) in [7, 11) is 2.01. The monoisotopic (exact) mass is 213 g/mol. The highest BCUT2D eigenvalue weighted by Gasteiger charge is 2.21. The van der Waals surface area contributed by atoms with Crippen molar-refractivity contribution >= 4 is 5.69 Å². The molecule has 16 heavy (non-hydrogen) atoms. The highest BCUT2D eigenvalue weighted by Crippen LogP contribution is 2.32. The summed E-state index contributed by atoms with van der Waals surface area (Å²) in [6.07, 6.45) is 3.27. The Hall–Kier alpha value is -1.77. The fourth-order valence-electron chi connectivity index (χ4n) is 2.15. The van der Waals surface area contributed by atoms with Crippen LogP contribution in [0.25, 0.3) is 11.3 Å². The molecule has 3 rings (SSSR count). The van der Waals surface area contributed by atoms with Gasteiger partial charge in [-0.1, -0.05) is 30.3 Å². The molecule has 1 saturated heterocycles. The second-order valence-electron chi connectivity index (χ2n) is 4.21. The lowest BCUT2D eigenvalue weighted by Crippen LogP contribution is -2.37. The molecule has 1 aliphatic rings. The molecule has 2 heterocycles. The van der Waals surface area contributed by atoms with E-state index in [0.717, 1.165) is 13.1 Å². The Labute approximate surface area is 95.3 Å². The molecule has 2 aromatic rings. The molecule has 1 aromatic heterocycles. The smallest absolute Gasteiger partial charge is 0.0912 e.